The molecule has 1 aliphatic rings. The summed E-state index contributed by atoms with van der Waals surface area (Å²) >= 11 is 6.03. The highest BCUT2D eigenvalue weighted by molar-refractivity contribution is 6.31. The Morgan fingerprint density at radius 2 is 2.24 bits per heavy atom. The molecule has 0 saturated heterocycles. The van der Waals surface area contributed by atoms with Crippen LogP contribution in [0.2, 0.25) is 5.02 Å². The average molecular weight is 249 g/mol. The van der Waals surface area contributed by atoms with Crippen molar-refractivity contribution in [2.24, 2.45) is 5.73 Å². The molecule has 0 aliphatic heterocycles. The molecule has 17 heavy (non-hydrogen) atoms. The Morgan fingerprint density at radius 1 is 1.41 bits per heavy atom. The zero-order valence-electron chi connectivity index (χ0n) is 9.32. The Balaban J connectivity index is 1.96. The summed E-state index contributed by atoms with van der Waals surface area (Å²) in [6.45, 7) is 0.431. The number of benzene rings is 1. The van der Waals surface area contributed by atoms with Crippen molar-refractivity contribution in [1.29, 1.82) is 0 Å². The van der Waals surface area contributed by atoms with Crippen LogP contribution >= 0.6 is 11.6 Å². The SMILES string of the molecule is NCc1cc(-c2coc(C3CC3)n2)ccc1Cl. The van der Waals surface area contributed by atoms with Crippen LogP contribution in [0.15, 0.2) is 28.9 Å². The van der Waals surface area contributed by atoms with E-state index < -0.39 is 0 Å². The summed E-state index contributed by atoms with van der Waals surface area (Å²) < 4.78 is 5.47. The molecule has 1 fully saturated rings. The van der Waals surface area contributed by atoms with Crippen LogP contribution in [0.5, 0.6) is 0 Å². The van der Waals surface area contributed by atoms with Gasteiger partial charge in [-0.15, -0.1) is 0 Å². The molecule has 0 spiro atoms. The number of rotatable bonds is 3. The van der Waals surface area contributed by atoms with Crippen LogP contribution in [0, 0.1) is 0 Å². The van der Waals surface area contributed by atoms with Gasteiger partial charge < -0.3 is 10.2 Å². The van der Waals surface area contributed by atoms with Gasteiger partial charge in [-0.3, -0.25) is 0 Å². The maximum atomic E-state index is 6.03. The number of hydrogen-bond acceptors (Lipinski definition) is 3. The van der Waals surface area contributed by atoms with Gasteiger partial charge in [-0.05, 0) is 30.5 Å². The third-order valence-corrected chi connectivity index (χ3v) is 3.38. The monoisotopic (exact) mass is 248 g/mol. The summed E-state index contributed by atoms with van der Waals surface area (Å²) in [5.74, 6) is 1.38. The first-order valence-corrected chi connectivity index (χ1v) is 6.10. The Labute approximate surface area is 105 Å². The summed E-state index contributed by atoms with van der Waals surface area (Å²) in [6.07, 6.45) is 4.08. The van der Waals surface area contributed by atoms with Gasteiger partial charge in [-0.2, -0.15) is 0 Å². The minimum absolute atomic E-state index is 0.431. The van der Waals surface area contributed by atoms with Crippen LogP contribution in [-0.4, -0.2) is 4.98 Å². The van der Waals surface area contributed by atoms with E-state index in [2.05, 4.69) is 4.98 Å². The molecule has 1 heterocycles. The smallest absolute Gasteiger partial charge is 0.197 e. The Morgan fingerprint density at radius 3 is 2.94 bits per heavy atom. The van der Waals surface area contributed by atoms with Crippen molar-refractivity contribution in [2.75, 3.05) is 0 Å². The first-order chi connectivity index (χ1) is 8.28. The summed E-state index contributed by atoms with van der Waals surface area (Å²) in [4.78, 5) is 4.50. The predicted octanol–water partition coefficient (Wildman–Crippen LogP) is 3.33. The van der Waals surface area contributed by atoms with Crippen LogP contribution in [0.25, 0.3) is 11.3 Å². The molecule has 0 atom stereocenters. The van der Waals surface area contributed by atoms with E-state index in [1.807, 2.05) is 18.2 Å². The Hall–Kier alpha value is -1.32. The van der Waals surface area contributed by atoms with E-state index in [4.69, 9.17) is 21.8 Å². The summed E-state index contributed by atoms with van der Waals surface area (Å²) in [5, 5.41) is 0.696. The maximum absolute atomic E-state index is 6.03. The van der Waals surface area contributed by atoms with Gasteiger partial charge >= 0.3 is 0 Å². The van der Waals surface area contributed by atoms with Crippen molar-refractivity contribution in [3.8, 4) is 11.3 Å². The van der Waals surface area contributed by atoms with Crippen LogP contribution in [-0.2, 0) is 6.54 Å². The second-order valence-corrected chi connectivity index (χ2v) is 4.76. The van der Waals surface area contributed by atoms with Crippen molar-refractivity contribution in [2.45, 2.75) is 25.3 Å². The Kier molecular flexibility index (Phi) is 2.65. The number of halogens is 1. The lowest BCUT2D eigenvalue weighted by molar-refractivity contribution is 0.497. The molecule has 88 valence electrons. The number of hydrogen-bond donors (Lipinski definition) is 1. The van der Waals surface area contributed by atoms with Crippen LogP contribution in [0.1, 0.15) is 30.2 Å². The zero-order valence-corrected chi connectivity index (χ0v) is 10.1. The van der Waals surface area contributed by atoms with E-state index in [1.165, 1.54) is 12.8 Å². The van der Waals surface area contributed by atoms with E-state index >= 15 is 0 Å². The molecule has 0 radical (unpaired) electrons. The fourth-order valence-electron chi connectivity index (χ4n) is 1.83. The van der Waals surface area contributed by atoms with E-state index in [0.717, 1.165) is 22.7 Å². The lowest BCUT2D eigenvalue weighted by Gasteiger charge is -2.02. The largest absolute Gasteiger partial charge is 0.448 e. The quantitative estimate of drug-likeness (QED) is 0.907. The molecule has 3 nitrogen and oxygen atoms in total. The second kappa shape index (κ2) is 4.17. The molecule has 4 heteroatoms. The first-order valence-electron chi connectivity index (χ1n) is 5.72. The molecule has 0 unspecified atom stereocenters. The van der Waals surface area contributed by atoms with Gasteiger partial charge in [0.25, 0.3) is 0 Å². The average Bonchev–Trinajstić information content (AvgIpc) is 3.08. The van der Waals surface area contributed by atoms with Gasteiger partial charge in [-0.25, -0.2) is 4.98 Å². The lowest BCUT2D eigenvalue weighted by atomic mass is 10.1. The summed E-state index contributed by atoms with van der Waals surface area (Å²) in [5.41, 5.74) is 8.43. The van der Waals surface area contributed by atoms with Gasteiger partial charge in [0.1, 0.15) is 12.0 Å². The van der Waals surface area contributed by atoms with E-state index in [0.29, 0.717) is 17.5 Å². The summed E-state index contributed by atoms with van der Waals surface area (Å²) in [7, 11) is 0. The molecule has 2 aromatic rings. The van der Waals surface area contributed by atoms with Crippen molar-refractivity contribution in [1.82, 2.24) is 4.98 Å². The topological polar surface area (TPSA) is 52.0 Å². The number of nitrogens with zero attached hydrogens (tertiary/aromatic N) is 1. The number of nitrogens with two attached hydrogens (primary N) is 1. The molecule has 1 aromatic heterocycles. The molecule has 1 aromatic carbocycles. The van der Waals surface area contributed by atoms with Gasteiger partial charge in [0, 0.05) is 23.0 Å². The lowest BCUT2D eigenvalue weighted by Crippen LogP contribution is -1.97. The van der Waals surface area contributed by atoms with Gasteiger partial charge in [-0.1, -0.05) is 17.7 Å². The highest BCUT2D eigenvalue weighted by Gasteiger charge is 2.28. The number of aromatic nitrogens is 1. The van der Waals surface area contributed by atoms with Gasteiger partial charge in [0.05, 0.1) is 0 Å². The van der Waals surface area contributed by atoms with Crippen molar-refractivity contribution in [3.63, 3.8) is 0 Å². The van der Waals surface area contributed by atoms with E-state index in [1.54, 1.807) is 6.26 Å². The first kappa shape index (κ1) is 10.8. The van der Waals surface area contributed by atoms with Crippen molar-refractivity contribution < 1.29 is 4.42 Å². The minimum Gasteiger partial charge on any atom is -0.448 e. The van der Waals surface area contributed by atoms with Crippen molar-refractivity contribution in [3.05, 3.63) is 40.9 Å². The molecule has 3 rings (SSSR count). The summed E-state index contributed by atoms with van der Waals surface area (Å²) in [6, 6.07) is 5.76. The number of oxazole rings is 1. The minimum atomic E-state index is 0.431. The Bertz CT molecular complexity index is 546. The molecule has 1 aliphatic carbocycles. The zero-order chi connectivity index (χ0) is 11.8. The highest BCUT2D eigenvalue weighted by Crippen LogP contribution is 2.40. The molecule has 1 saturated carbocycles. The highest BCUT2D eigenvalue weighted by atomic mass is 35.5. The normalized spacial score (nSPS) is 15.2. The molecule has 0 amide bonds. The van der Waals surface area contributed by atoms with E-state index in [9.17, 15) is 0 Å². The van der Waals surface area contributed by atoms with Crippen LogP contribution < -0.4 is 5.73 Å². The molecule has 0 bridgehead atoms. The predicted molar refractivity (Wildman–Crippen MR) is 66.8 cm³/mol. The third kappa shape index (κ3) is 2.08. The van der Waals surface area contributed by atoms with E-state index in [-0.39, 0.29) is 0 Å². The maximum Gasteiger partial charge on any atom is 0.197 e. The van der Waals surface area contributed by atoms with Gasteiger partial charge in [0.15, 0.2) is 5.89 Å². The second-order valence-electron chi connectivity index (χ2n) is 4.36. The fourth-order valence-corrected chi connectivity index (χ4v) is 2.02. The fraction of sp³-hybridized carbons (Fsp3) is 0.308. The van der Waals surface area contributed by atoms with Crippen molar-refractivity contribution >= 4 is 11.6 Å². The van der Waals surface area contributed by atoms with Crippen LogP contribution in [0.3, 0.4) is 0 Å². The van der Waals surface area contributed by atoms with Gasteiger partial charge in [0.2, 0.25) is 0 Å². The molecular formula is C13H13ClN2O. The standard InChI is InChI=1S/C13H13ClN2O/c14-11-4-3-9(5-10(11)6-15)12-7-17-13(16-12)8-1-2-8/h3-5,7-8H,1-2,6,15H2. The van der Waals surface area contributed by atoms with Crippen LogP contribution in [0.4, 0.5) is 0 Å². The molecule has 2 N–H and O–H groups in total. The molecular weight excluding hydrogens is 236 g/mol. The third-order valence-electron chi connectivity index (χ3n) is 3.01.